The van der Waals surface area contributed by atoms with Crippen molar-refractivity contribution < 1.29 is 24.3 Å². The maximum absolute atomic E-state index is 11.2. The highest BCUT2D eigenvalue weighted by Crippen LogP contribution is 2.12. The van der Waals surface area contributed by atoms with Crippen molar-refractivity contribution >= 4 is 36.1 Å². The molecule has 0 aromatic heterocycles. The summed E-state index contributed by atoms with van der Waals surface area (Å²) >= 11 is 0.981. The standard InChI is InChI=1S/C8H13N3O5S/c1-4(6(13)11-8(9)16)17-2-5(7(14)15)10-3-12/h3-5H,2H2,1H3,(H,10,12)(H,14,15)(H3,9,11,13,16). The minimum Gasteiger partial charge on any atom is -0.480 e. The fraction of sp³-hybridized carbons (Fsp3) is 0.500. The van der Waals surface area contributed by atoms with Gasteiger partial charge in [-0.2, -0.15) is 0 Å². The molecule has 0 fully saturated rings. The topological polar surface area (TPSA) is 139 Å². The third-order valence-corrected chi connectivity index (χ3v) is 2.94. The second kappa shape index (κ2) is 7.49. The van der Waals surface area contributed by atoms with E-state index in [0.29, 0.717) is 0 Å². The third kappa shape index (κ3) is 6.40. The van der Waals surface area contributed by atoms with E-state index in [1.807, 2.05) is 5.32 Å². The maximum Gasteiger partial charge on any atom is 0.327 e. The Hall–Kier alpha value is -1.77. The first kappa shape index (κ1) is 15.2. The summed E-state index contributed by atoms with van der Waals surface area (Å²) in [5, 5.41) is 12.0. The number of carbonyl (C=O) groups excluding carboxylic acids is 3. The Kier molecular flexibility index (Phi) is 6.71. The smallest absolute Gasteiger partial charge is 0.327 e. The summed E-state index contributed by atoms with van der Waals surface area (Å²) in [4.78, 5) is 42.4. The first-order valence-electron chi connectivity index (χ1n) is 4.53. The zero-order valence-electron chi connectivity index (χ0n) is 9.00. The van der Waals surface area contributed by atoms with Gasteiger partial charge in [0.05, 0.1) is 5.25 Å². The largest absolute Gasteiger partial charge is 0.480 e. The summed E-state index contributed by atoms with van der Waals surface area (Å²) in [6.45, 7) is 1.49. The number of primary amides is 1. The lowest BCUT2D eigenvalue weighted by Gasteiger charge is -2.14. The van der Waals surface area contributed by atoms with E-state index in [4.69, 9.17) is 10.8 Å². The first-order valence-corrected chi connectivity index (χ1v) is 5.57. The highest BCUT2D eigenvalue weighted by molar-refractivity contribution is 8.00. The molecule has 2 atom stereocenters. The van der Waals surface area contributed by atoms with Gasteiger partial charge in [-0.15, -0.1) is 11.8 Å². The van der Waals surface area contributed by atoms with Crippen molar-refractivity contribution in [2.24, 2.45) is 5.73 Å². The number of nitrogens with two attached hydrogens (primary N) is 1. The Morgan fingerprint density at radius 3 is 2.47 bits per heavy atom. The van der Waals surface area contributed by atoms with E-state index in [2.05, 4.69) is 5.32 Å². The van der Waals surface area contributed by atoms with Crippen LogP contribution in [0, 0.1) is 0 Å². The van der Waals surface area contributed by atoms with Crippen LogP contribution in [0.3, 0.4) is 0 Å². The summed E-state index contributed by atoms with van der Waals surface area (Å²) in [5.74, 6) is -1.81. The molecule has 2 unspecified atom stereocenters. The molecule has 0 bridgehead atoms. The summed E-state index contributed by atoms with van der Waals surface area (Å²) < 4.78 is 0. The van der Waals surface area contributed by atoms with Gasteiger partial charge in [0.1, 0.15) is 6.04 Å². The quantitative estimate of drug-likeness (QED) is 0.412. The van der Waals surface area contributed by atoms with Crippen molar-refractivity contribution in [2.45, 2.75) is 18.2 Å². The molecule has 96 valence electrons. The summed E-state index contributed by atoms with van der Waals surface area (Å²) in [5.41, 5.74) is 4.75. The number of hydrogen-bond donors (Lipinski definition) is 4. The lowest BCUT2D eigenvalue weighted by atomic mass is 10.3. The number of rotatable bonds is 7. The normalized spacial score (nSPS) is 13.2. The van der Waals surface area contributed by atoms with Crippen LogP contribution >= 0.6 is 11.8 Å². The molecule has 0 aliphatic heterocycles. The van der Waals surface area contributed by atoms with E-state index < -0.39 is 29.2 Å². The Labute approximate surface area is 101 Å². The van der Waals surface area contributed by atoms with Crippen LogP contribution in [-0.4, -0.2) is 46.5 Å². The molecular weight excluding hydrogens is 250 g/mol. The Morgan fingerprint density at radius 2 is 2.06 bits per heavy atom. The third-order valence-electron chi connectivity index (χ3n) is 1.70. The van der Waals surface area contributed by atoms with Gasteiger partial charge in [-0.25, -0.2) is 9.59 Å². The molecule has 0 spiro atoms. The van der Waals surface area contributed by atoms with Gasteiger partial charge in [0, 0.05) is 5.75 Å². The van der Waals surface area contributed by atoms with E-state index in [1.165, 1.54) is 6.92 Å². The lowest BCUT2D eigenvalue weighted by molar-refractivity contribution is -0.139. The Bertz CT molecular complexity index is 322. The minimum atomic E-state index is -1.20. The SMILES string of the molecule is CC(SCC(NC=O)C(=O)O)C(=O)NC(N)=O. The van der Waals surface area contributed by atoms with Crippen molar-refractivity contribution in [3.8, 4) is 0 Å². The second-order valence-corrected chi connectivity index (χ2v) is 4.38. The molecule has 5 N–H and O–H groups in total. The van der Waals surface area contributed by atoms with E-state index >= 15 is 0 Å². The second-order valence-electron chi connectivity index (χ2n) is 3.00. The van der Waals surface area contributed by atoms with Crippen LogP contribution in [0.5, 0.6) is 0 Å². The number of thioether (sulfide) groups is 1. The zero-order valence-corrected chi connectivity index (χ0v) is 9.82. The summed E-state index contributed by atoms with van der Waals surface area (Å²) in [6, 6.07) is -2.05. The van der Waals surface area contributed by atoms with Gasteiger partial charge in [-0.3, -0.25) is 14.9 Å². The molecule has 4 amide bonds. The lowest BCUT2D eigenvalue weighted by Crippen LogP contribution is -2.41. The van der Waals surface area contributed by atoms with Crippen molar-refractivity contribution in [3.05, 3.63) is 0 Å². The van der Waals surface area contributed by atoms with Gasteiger partial charge < -0.3 is 16.2 Å². The molecule has 8 nitrogen and oxygen atoms in total. The number of aliphatic carboxylic acids is 1. The Balaban J connectivity index is 4.15. The van der Waals surface area contributed by atoms with Crippen molar-refractivity contribution in [2.75, 3.05) is 5.75 Å². The van der Waals surface area contributed by atoms with Crippen molar-refractivity contribution in [1.29, 1.82) is 0 Å². The number of imide groups is 1. The number of amides is 4. The predicted molar refractivity (Wildman–Crippen MR) is 60.3 cm³/mol. The van der Waals surface area contributed by atoms with Crippen LogP contribution < -0.4 is 16.4 Å². The van der Waals surface area contributed by atoms with Crippen LogP contribution in [0.1, 0.15) is 6.92 Å². The van der Waals surface area contributed by atoms with E-state index in [9.17, 15) is 19.2 Å². The molecule has 0 rings (SSSR count). The molecule has 0 aromatic carbocycles. The molecular formula is C8H13N3O5S. The number of carboxylic acid groups (broad SMARTS) is 1. The first-order chi connectivity index (χ1) is 7.88. The van der Waals surface area contributed by atoms with Crippen LogP contribution in [0.2, 0.25) is 0 Å². The molecule has 0 aliphatic rings. The highest BCUT2D eigenvalue weighted by atomic mass is 32.2. The number of nitrogens with one attached hydrogen (secondary N) is 2. The van der Waals surface area contributed by atoms with Gasteiger partial charge in [-0.1, -0.05) is 0 Å². The zero-order chi connectivity index (χ0) is 13.4. The number of hydrogen-bond acceptors (Lipinski definition) is 5. The average molecular weight is 263 g/mol. The monoisotopic (exact) mass is 263 g/mol. The summed E-state index contributed by atoms with van der Waals surface area (Å²) in [6.07, 6.45) is 0.271. The average Bonchev–Trinajstić information content (AvgIpc) is 2.22. The van der Waals surface area contributed by atoms with Crippen LogP contribution in [-0.2, 0) is 14.4 Å². The van der Waals surface area contributed by atoms with Crippen LogP contribution in [0.4, 0.5) is 4.79 Å². The molecule has 0 aromatic rings. The fourth-order valence-corrected chi connectivity index (χ4v) is 1.74. The van der Waals surface area contributed by atoms with Gasteiger partial charge in [0.2, 0.25) is 12.3 Å². The highest BCUT2D eigenvalue weighted by Gasteiger charge is 2.21. The predicted octanol–water partition coefficient (Wildman–Crippen LogP) is -1.50. The molecule has 9 heteroatoms. The number of carbonyl (C=O) groups is 4. The van der Waals surface area contributed by atoms with E-state index in [-0.39, 0.29) is 12.2 Å². The molecule has 17 heavy (non-hydrogen) atoms. The molecule has 0 aliphatic carbocycles. The van der Waals surface area contributed by atoms with E-state index in [0.717, 1.165) is 11.8 Å². The fourth-order valence-electron chi connectivity index (χ4n) is 0.812. The minimum absolute atomic E-state index is 0.00141. The van der Waals surface area contributed by atoms with Crippen LogP contribution in [0.25, 0.3) is 0 Å². The molecule has 0 saturated heterocycles. The molecule has 0 radical (unpaired) electrons. The Morgan fingerprint density at radius 1 is 1.47 bits per heavy atom. The number of carboxylic acids is 1. The number of urea groups is 1. The van der Waals surface area contributed by atoms with Crippen LogP contribution in [0.15, 0.2) is 0 Å². The van der Waals surface area contributed by atoms with Gasteiger partial charge in [0.25, 0.3) is 0 Å². The van der Waals surface area contributed by atoms with Crippen molar-refractivity contribution in [1.82, 2.24) is 10.6 Å². The van der Waals surface area contributed by atoms with Gasteiger partial charge >= 0.3 is 12.0 Å². The molecule has 0 saturated carbocycles. The maximum atomic E-state index is 11.2. The van der Waals surface area contributed by atoms with Gasteiger partial charge in [0.15, 0.2) is 0 Å². The molecule has 0 heterocycles. The van der Waals surface area contributed by atoms with Crippen molar-refractivity contribution in [3.63, 3.8) is 0 Å². The summed E-state index contributed by atoms with van der Waals surface area (Å²) in [7, 11) is 0. The van der Waals surface area contributed by atoms with Gasteiger partial charge in [-0.05, 0) is 6.92 Å². The van der Waals surface area contributed by atoms with E-state index in [1.54, 1.807) is 0 Å².